The summed E-state index contributed by atoms with van der Waals surface area (Å²) in [6.07, 6.45) is 41.2. The van der Waals surface area contributed by atoms with Crippen molar-refractivity contribution in [1.82, 2.24) is 0 Å². The molecule has 0 spiro atoms. The third kappa shape index (κ3) is 33.2. The summed E-state index contributed by atoms with van der Waals surface area (Å²) in [5.41, 5.74) is 0. The van der Waals surface area contributed by atoms with E-state index in [0.717, 1.165) is 64.2 Å². The number of carboxylic acids is 1. The molecule has 0 aromatic heterocycles. The van der Waals surface area contributed by atoms with Crippen LogP contribution >= 0.6 is 0 Å². The molecule has 0 saturated carbocycles. The zero-order valence-corrected chi connectivity index (χ0v) is 28.3. The first-order valence-electron chi connectivity index (χ1n) is 18.7. The Hall–Kier alpha value is -1.32. The first-order valence-corrected chi connectivity index (χ1v) is 18.7. The molecular weight excluding hydrogens is 520 g/mol. The number of hydrogen-bond donors (Lipinski definition) is 1. The fraction of sp³-hybridized carbons (Fsp3) is 0.895. The summed E-state index contributed by atoms with van der Waals surface area (Å²) in [6, 6.07) is 0. The molecule has 1 N–H and O–H groups in total. The van der Waals surface area contributed by atoms with Gasteiger partial charge in [-0.05, 0) is 64.2 Å². The predicted molar refractivity (Wildman–Crippen MR) is 181 cm³/mol. The minimum atomic E-state index is -0.702. The summed E-state index contributed by atoms with van der Waals surface area (Å²) in [4.78, 5) is 23.1. The smallest absolute Gasteiger partial charge is 0.306 e. The molecule has 0 aliphatic rings. The first kappa shape index (κ1) is 40.7. The minimum Gasteiger partial charge on any atom is -0.481 e. The highest BCUT2D eigenvalue weighted by atomic mass is 16.5. The van der Waals surface area contributed by atoms with Crippen LogP contribution in [0.4, 0.5) is 0 Å². The highest BCUT2D eigenvalue weighted by molar-refractivity contribution is 5.69. The lowest BCUT2D eigenvalue weighted by Crippen LogP contribution is -2.18. The van der Waals surface area contributed by atoms with Gasteiger partial charge in [0.1, 0.15) is 6.10 Å². The van der Waals surface area contributed by atoms with E-state index in [2.05, 4.69) is 26.0 Å². The second-order valence-corrected chi connectivity index (χ2v) is 12.8. The fourth-order valence-electron chi connectivity index (χ4n) is 5.71. The second-order valence-electron chi connectivity index (χ2n) is 12.8. The Morgan fingerprint density at radius 3 is 1.33 bits per heavy atom. The molecule has 42 heavy (non-hydrogen) atoms. The molecule has 0 fully saturated rings. The van der Waals surface area contributed by atoms with Crippen molar-refractivity contribution < 1.29 is 19.4 Å². The molecule has 1 atom stereocenters. The van der Waals surface area contributed by atoms with Crippen molar-refractivity contribution in [2.75, 3.05) is 0 Å². The molecule has 0 aliphatic heterocycles. The molecule has 0 amide bonds. The molecule has 4 nitrogen and oxygen atoms in total. The molecule has 4 heteroatoms. The van der Waals surface area contributed by atoms with Crippen LogP contribution in [0.3, 0.4) is 0 Å². The molecule has 0 radical (unpaired) electrons. The van der Waals surface area contributed by atoms with Crippen molar-refractivity contribution >= 4 is 11.9 Å². The third-order valence-corrected chi connectivity index (χ3v) is 8.49. The maximum absolute atomic E-state index is 12.4. The van der Waals surface area contributed by atoms with Gasteiger partial charge in [0, 0.05) is 12.8 Å². The van der Waals surface area contributed by atoms with Crippen molar-refractivity contribution in [1.29, 1.82) is 0 Å². The number of esters is 1. The lowest BCUT2D eigenvalue weighted by atomic mass is 10.0. The predicted octanol–water partition coefficient (Wildman–Crippen LogP) is 12.7. The summed E-state index contributed by atoms with van der Waals surface area (Å²) < 4.78 is 5.88. The first-order chi connectivity index (χ1) is 20.6. The van der Waals surface area contributed by atoms with Gasteiger partial charge >= 0.3 is 11.9 Å². The topological polar surface area (TPSA) is 63.6 Å². The number of unbranched alkanes of at least 4 members (excludes halogenated alkanes) is 23. The van der Waals surface area contributed by atoms with Crippen LogP contribution in [0.25, 0.3) is 0 Å². The maximum Gasteiger partial charge on any atom is 0.306 e. The molecule has 0 bridgehead atoms. The number of allylic oxidation sites excluding steroid dienone is 2. The van der Waals surface area contributed by atoms with Crippen molar-refractivity contribution in [3.63, 3.8) is 0 Å². The number of carbonyl (C=O) groups excluding carboxylic acids is 1. The van der Waals surface area contributed by atoms with E-state index in [4.69, 9.17) is 9.84 Å². The van der Waals surface area contributed by atoms with Crippen molar-refractivity contribution in [2.45, 2.75) is 219 Å². The summed E-state index contributed by atoms with van der Waals surface area (Å²) in [6.45, 7) is 4.49. The average molecular weight is 593 g/mol. The van der Waals surface area contributed by atoms with E-state index in [1.165, 1.54) is 122 Å². The third-order valence-electron chi connectivity index (χ3n) is 8.49. The van der Waals surface area contributed by atoms with Crippen molar-refractivity contribution in [3.05, 3.63) is 12.2 Å². The molecule has 0 rings (SSSR count). The van der Waals surface area contributed by atoms with E-state index in [1.807, 2.05) is 0 Å². The van der Waals surface area contributed by atoms with Gasteiger partial charge in [-0.3, -0.25) is 9.59 Å². The Labute approximate surface area is 262 Å². The van der Waals surface area contributed by atoms with Gasteiger partial charge in [-0.1, -0.05) is 148 Å². The minimum absolute atomic E-state index is 0.00810. The normalized spacial score (nSPS) is 12.2. The maximum atomic E-state index is 12.4. The van der Waals surface area contributed by atoms with Crippen LogP contribution in [-0.4, -0.2) is 23.1 Å². The van der Waals surface area contributed by atoms with E-state index in [9.17, 15) is 9.59 Å². The van der Waals surface area contributed by atoms with Gasteiger partial charge < -0.3 is 9.84 Å². The van der Waals surface area contributed by atoms with Gasteiger partial charge in [0.05, 0.1) is 0 Å². The summed E-state index contributed by atoms with van der Waals surface area (Å²) in [5, 5.41) is 8.73. The molecule has 0 heterocycles. The van der Waals surface area contributed by atoms with E-state index in [1.54, 1.807) is 0 Å². The van der Waals surface area contributed by atoms with Crippen LogP contribution in [0.1, 0.15) is 213 Å². The zero-order valence-electron chi connectivity index (χ0n) is 28.3. The Balaban J connectivity index is 3.60. The van der Waals surface area contributed by atoms with E-state index in [0.29, 0.717) is 6.42 Å². The van der Waals surface area contributed by atoms with Gasteiger partial charge in [-0.2, -0.15) is 0 Å². The van der Waals surface area contributed by atoms with Gasteiger partial charge in [0.25, 0.3) is 0 Å². The van der Waals surface area contributed by atoms with Crippen LogP contribution in [-0.2, 0) is 14.3 Å². The standard InChI is InChI=1S/C38H72O4/c1-3-5-7-8-9-10-11-12-13-14-15-16-17-18-19-20-21-22-23-27-31-35-38(41)42-36(32-28-6-4-2)33-29-25-24-26-30-34-37(39)40/h12-13,36H,3-11,14-35H2,1-2H3,(H,39,40)/b13-12-. The molecule has 0 aromatic rings. The summed E-state index contributed by atoms with van der Waals surface area (Å²) >= 11 is 0. The van der Waals surface area contributed by atoms with Crippen LogP contribution in [0.2, 0.25) is 0 Å². The number of aliphatic carboxylic acids is 1. The van der Waals surface area contributed by atoms with E-state index < -0.39 is 5.97 Å². The molecular formula is C38H72O4. The van der Waals surface area contributed by atoms with Gasteiger partial charge in [-0.15, -0.1) is 0 Å². The van der Waals surface area contributed by atoms with Crippen LogP contribution in [0.5, 0.6) is 0 Å². The molecule has 0 aromatic carbocycles. The quantitative estimate of drug-likeness (QED) is 0.0458. The largest absolute Gasteiger partial charge is 0.481 e. The lowest BCUT2D eigenvalue weighted by Gasteiger charge is -2.18. The SMILES string of the molecule is CCCCCCCC/C=C\CCCCCCCCCCCCCC(=O)OC(CCCCC)CCCCCCCC(=O)O. The van der Waals surface area contributed by atoms with Crippen LogP contribution < -0.4 is 0 Å². The Morgan fingerprint density at radius 2 is 0.857 bits per heavy atom. The Morgan fingerprint density at radius 1 is 0.500 bits per heavy atom. The number of ether oxygens (including phenoxy) is 1. The molecule has 0 aliphatic carbocycles. The molecule has 1 unspecified atom stereocenters. The second kappa shape index (κ2) is 34.2. The number of rotatable bonds is 34. The summed E-state index contributed by atoms with van der Waals surface area (Å²) in [5.74, 6) is -0.710. The highest BCUT2D eigenvalue weighted by Gasteiger charge is 2.14. The van der Waals surface area contributed by atoms with Crippen LogP contribution in [0.15, 0.2) is 12.2 Å². The van der Waals surface area contributed by atoms with E-state index >= 15 is 0 Å². The summed E-state index contributed by atoms with van der Waals surface area (Å²) in [7, 11) is 0. The van der Waals surface area contributed by atoms with Crippen molar-refractivity contribution in [2.24, 2.45) is 0 Å². The van der Waals surface area contributed by atoms with E-state index in [-0.39, 0.29) is 18.5 Å². The lowest BCUT2D eigenvalue weighted by molar-refractivity contribution is -0.150. The van der Waals surface area contributed by atoms with Gasteiger partial charge in [0.15, 0.2) is 0 Å². The fourth-order valence-corrected chi connectivity index (χ4v) is 5.71. The number of carbonyl (C=O) groups is 2. The number of hydrogen-bond acceptors (Lipinski definition) is 3. The Bertz CT molecular complexity index is 600. The monoisotopic (exact) mass is 593 g/mol. The van der Waals surface area contributed by atoms with Crippen molar-refractivity contribution in [3.8, 4) is 0 Å². The molecule has 0 saturated heterocycles. The number of carboxylic acid groups (broad SMARTS) is 1. The zero-order chi connectivity index (χ0) is 30.8. The average Bonchev–Trinajstić information content (AvgIpc) is 2.97. The van der Waals surface area contributed by atoms with Crippen LogP contribution in [0, 0.1) is 0 Å². The Kier molecular flexibility index (Phi) is 33.1. The van der Waals surface area contributed by atoms with Gasteiger partial charge in [-0.25, -0.2) is 0 Å². The highest BCUT2D eigenvalue weighted by Crippen LogP contribution is 2.18. The van der Waals surface area contributed by atoms with Gasteiger partial charge in [0.2, 0.25) is 0 Å². The molecule has 248 valence electrons.